The van der Waals surface area contributed by atoms with Crippen molar-refractivity contribution in [2.75, 3.05) is 20.3 Å². The van der Waals surface area contributed by atoms with Gasteiger partial charge in [-0.3, -0.25) is 0 Å². The Morgan fingerprint density at radius 2 is 2.25 bits per heavy atom. The molecule has 0 aromatic heterocycles. The summed E-state index contributed by atoms with van der Waals surface area (Å²) in [4.78, 5) is 0. The van der Waals surface area contributed by atoms with Crippen LogP contribution in [0.3, 0.4) is 0 Å². The molecule has 0 aliphatic rings. The monoisotopic (exact) mass is 289 g/mol. The van der Waals surface area contributed by atoms with Crippen LogP contribution in [0.2, 0.25) is 0 Å². The van der Waals surface area contributed by atoms with Crippen LogP contribution in [0, 0.1) is 0 Å². The molecule has 3 N–H and O–H groups in total. The van der Waals surface area contributed by atoms with E-state index < -0.39 is 0 Å². The van der Waals surface area contributed by atoms with Crippen molar-refractivity contribution in [1.82, 2.24) is 5.32 Å². The van der Waals surface area contributed by atoms with Crippen molar-refractivity contribution < 1.29 is 14.9 Å². The Labute approximate surface area is 103 Å². The van der Waals surface area contributed by atoms with E-state index in [-0.39, 0.29) is 18.4 Å². The van der Waals surface area contributed by atoms with Crippen molar-refractivity contribution in [3.63, 3.8) is 0 Å². The van der Waals surface area contributed by atoms with E-state index in [4.69, 9.17) is 9.84 Å². The van der Waals surface area contributed by atoms with Gasteiger partial charge in [0.05, 0.1) is 23.7 Å². The van der Waals surface area contributed by atoms with Gasteiger partial charge in [0.15, 0.2) is 0 Å². The molecule has 0 heterocycles. The Morgan fingerprint density at radius 3 is 2.81 bits per heavy atom. The average molecular weight is 290 g/mol. The number of aliphatic hydroxyl groups is 1. The molecular weight excluding hydrogens is 274 g/mol. The third-order valence-corrected chi connectivity index (χ3v) is 2.83. The second kappa shape index (κ2) is 6.85. The van der Waals surface area contributed by atoms with E-state index in [1.54, 1.807) is 13.2 Å². The molecule has 0 fully saturated rings. The molecular formula is C11H16BrNO3. The minimum absolute atomic E-state index is 0.0348. The molecule has 0 amide bonds. The molecule has 4 nitrogen and oxygen atoms in total. The van der Waals surface area contributed by atoms with Gasteiger partial charge in [-0.1, -0.05) is 6.07 Å². The van der Waals surface area contributed by atoms with Crippen molar-refractivity contribution in [2.45, 2.75) is 12.6 Å². The van der Waals surface area contributed by atoms with E-state index in [1.165, 1.54) is 0 Å². The van der Waals surface area contributed by atoms with Crippen LogP contribution < -0.4 is 5.32 Å². The van der Waals surface area contributed by atoms with Gasteiger partial charge in [-0.25, -0.2) is 0 Å². The molecule has 1 aromatic carbocycles. The van der Waals surface area contributed by atoms with Gasteiger partial charge in [0.2, 0.25) is 0 Å². The summed E-state index contributed by atoms with van der Waals surface area (Å²) in [5.74, 6) is 0.222. The number of hydrogen-bond donors (Lipinski definition) is 3. The van der Waals surface area contributed by atoms with Crippen LogP contribution in [0.4, 0.5) is 0 Å². The summed E-state index contributed by atoms with van der Waals surface area (Å²) < 4.78 is 5.62. The van der Waals surface area contributed by atoms with Gasteiger partial charge in [-0.2, -0.15) is 0 Å². The highest BCUT2D eigenvalue weighted by atomic mass is 79.9. The number of ether oxygens (including phenoxy) is 1. The summed E-state index contributed by atoms with van der Waals surface area (Å²) in [5, 5.41) is 21.5. The lowest BCUT2D eigenvalue weighted by atomic mass is 10.2. The Kier molecular flexibility index (Phi) is 5.76. The van der Waals surface area contributed by atoms with Crippen LogP contribution >= 0.6 is 15.9 Å². The number of phenols is 1. The van der Waals surface area contributed by atoms with Crippen LogP contribution in [-0.4, -0.2) is 36.6 Å². The molecule has 0 aliphatic heterocycles. The predicted molar refractivity (Wildman–Crippen MR) is 65.4 cm³/mol. The fourth-order valence-electron chi connectivity index (χ4n) is 1.30. The van der Waals surface area contributed by atoms with Crippen LogP contribution in [-0.2, 0) is 11.3 Å². The number of methoxy groups -OCH3 is 1. The zero-order valence-electron chi connectivity index (χ0n) is 9.11. The molecule has 1 atom stereocenters. The number of hydrogen-bond acceptors (Lipinski definition) is 4. The second-order valence-corrected chi connectivity index (χ2v) is 4.36. The number of halogens is 1. The summed E-state index contributed by atoms with van der Waals surface area (Å²) in [6, 6.07) is 5.22. The van der Waals surface area contributed by atoms with E-state index in [2.05, 4.69) is 21.2 Å². The molecule has 5 heteroatoms. The minimum Gasteiger partial charge on any atom is -0.507 e. The quantitative estimate of drug-likeness (QED) is 0.738. The molecule has 1 aromatic rings. The highest BCUT2D eigenvalue weighted by Gasteiger charge is 2.06. The summed E-state index contributed by atoms with van der Waals surface area (Å²) in [6.07, 6.45) is 0. The highest BCUT2D eigenvalue weighted by Crippen LogP contribution is 2.24. The van der Waals surface area contributed by atoms with Crippen LogP contribution in [0.5, 0.6) is 5.75 Å². The number of phenolic OH excluding ortho intramolecular Hbond substituents is 1. The van der Waals surface area contributed by atoms with Crippen molar-refractivity contribution in [3.05, 3.63) is 28.2 Å². The van der Waals surface area contributed by atoms with Crippen molar-refractivity contribution in [2.24, 2.45) is 0 Å². The van der Waals surface area contributed by atoms with Gasteiger partial charge in [-0.05, 0) is 33.6 Å². The SMILES string of the molecule is COCC(CO)NCc1ccc(O)c(Br)c1. The number of aromatic hydroxyl groups is 1. The molecule has 0 saturated heterocycles. The summed E-state index contributed by atoms with van der Waals surface area (Å²) >= 11 is 3.25. The number of rotatable bonds is 6. The van der Waals surface area contributed by atoms with E-state index in [0.29, 0.717) is 17.6 Å². The molecule has 1 unspecified atom stereocenters. The maximum atomic E-state index is 9.32. The van der Waals surface area contributed by atoms with Gasteiger partial charge in [0.25, 0.3) is 0 Å². The number of nitrogens with one attached hydrogen (secondary N) is 1. The zero-order valence-corrected chi connectivity index (χ0v) is 10.7. The molecule has 0 saturated carbocycles. The molecule has 16 heavy (non-hydrogen) atoms. The largest absolute Gasteiger partial charge is 0.507 e. The number of benzene rings is 1. The standard InChI is InChI=1S/C11H16BrNO3/c1-16-7-9(6-14)13-5-8-2-3-11(15)10(12)4-8/h2-4,9,13-15H,5-7H2,1H3. The lowest BCUT2D eigenvalue weighted by Gasteiger charge is -2.15. The first-order chi connectivity index (χ1) is 7.67. The van der Waals surface area contributed by atoms with Gasteiger partial charge in [0.1, 0.15) is 5.75 Å². The van der Waals surface area contributed by atoms with E-state index in [9.17, 15) is 5.11 Å². The van der Waals surface area contributed by atoms with Gasteiger partial charge in [0, 0.05) is 13.7 Å². The first-order valence-corrected chi connectivity index (χ1v) is 5.77. The summed E-state index contributed by atoms with van der Waals surface area (Å²) in [6.45, 7) is 1.12. The maximum absolute atomic E-state index is 9.32. The summed E-state index contributed by atoms with van der Waals surface area (Å²) in [7, 11) is 1.60. The first-order valence-electron chi connectivity index (χ1n) is 4.98. The topological polar surface area (TPSA) is 61.7 Å². The fourth-order valence-corrected chi connectivity index (χ4v) is 1.73. The zero-order chi connectivity index (χ0) is 12.0. The molecule has 0 radical (unpaired) electrons. The normalized spacial score (nSPS) is 12.7. The Morgan fingerprint density at radius 1 is 1.50 bits per heavy atom. The number of aliphatic hydroxyl groups excluding tert-OH is 1. The van der Waals surface area contributed by atoms with Crippen molar-refractivity contribution in [3.8, 4) is 5.75 Å². The Hall–Kier alpha value is -0.620. The van der Waals surface area contributed by atoms with E-state index >= 15 is 0 Å². The van der Waals surface area contributed by atoms with Gasteiger partial charge < -0.3 is 20.3 Å². The first kappa shape index (κ1) is 13.4. The van der Waals surface area contributed by atoms with Crippen LogP contribution in [0.25, 0.3) is 0 Å². The van der Waals surface area contributed by atoms with E-state index in [0.717, 1.165) is 5.56 Å². The van der Waals surface area contributed by atoms with Crippen LogP contribution in [0.1, 0.15) is 5.56 Å². The highest BCUT2D eigenvalue weighted by molar-refractivity contribution is 9.10. The third kappa shape index (κ3) is 4.09. The maximum Gasteiger partial charge on any atom is 0.129 e. The Bertz CT molecular complexity index is 333. The molecule has 0 bridgehead atoms. The lowest BCUT2D eigenvalue weighted by Crippen LogP contribution is -2.35. The fraction of sp³-hybridized carbons (Fsp3) is 0.455. The van der Waals surface area contributed by atoms with Crippen LogP contribution in [0.15, 0.2) is 22.7 Å². The lowest BCUT2D eigenvalue weighted by molar-refractivity contribution is 0.128. The summed E-state index contributed by atoms with van der Waals surface area (Å²) in [5.41, 5.74) is 1.03. The van der Waals surface area contributed by atoms with Gasteiger partial charge in [-0.15, -0.1) is 0 Å². The smallest absolute Gasteiger partial charge is 0.129 e. The van der Waals surface area contributed by atoms with E-state index in [1.807, 2.05) is 12.1 Å². The van der Waals surface area contributed by atoms with Crippen molar-refractivity contribution in [1.29, 1.82) is 0 Å². The Balaban J connectivity index is 2.50. The van der Waals surface area contributed by atoms with Gasteiger partial charge >= 0.3 is 0 Å². The molecule has 90 valence electrons. The minimum atomic E-state index is -0.0717. The average Bonchev–Trinajstić information content (AvgIpc) is 2.28. The second-order valence-electron chi connectivity index (χ2n) is 3.50. The molecule has 0 aliphatic carbocycles. The molecule has 1 rings (SSSR count). The van der Waals surface area contributed by atoms with Crippen molar-refractivity contribution >= 4 is 15.9 Å². The molecule has 0 spiro atoms. The third-order valence-electron chi connectivity index (χ3n) is 2.20. The predicted octanol–water partition coefficient (Wildman–Crippen LogP) is 1.25.